The number of unbranched alkanes of at least 4 members (excludes halogenated alkanes) is 1. The van der Waals surface area contributed by atoms with E-state index >= 15 is 0 Å². The fourth-order valence-corrected chi connectivity index (χ4v) is 2.92. The van der Waals surface area contributed by atoms with E-state index in [1.165, 1.54) is 0 Å². The van der Waals surface area contributed by atoms with Gasteiger partial charge in [0.1, 0.15) is 18.1 Å². The lowest BCUT2D eigenvalue weighted by Gasteiger charge is -2.29. The van der Waals surface area contributed by atoms with Crippen molar-refractivity contribution in [3.8, 4) is 0 Å². The summed E-state index contributed by atoms with van der Waals surface area (Å²) in [5.41, 5.74) is 0.911. The highest BCUT2D eigenvalue weighted by molar-refractivity contribution is 5.99. The van der Waals surface area contributed by atoms with E-state index in [4.69, 9.17) is 5.11 Å². The van der Waals surface area contributed by atoms with Crippen LogP contribution in [0.2, 0.25) is 0 Å². The molecule has 146 valence electrons. The number of rotatable bonds is 9. The van der Waals surface area contributed by atoms with Gasteiger partial charge in [-0.1, -0.05) is 50.1 Å². The molecule has 0 aromatic heterocycles. The molecule has 0 saturated carbocycles. The average molecular weight is 375 g/mol. The lowest BCUT2D eigenvalue weighted by Crippen LogP contribution is -2.63. The summed E-state index contributed by atoms with van der Waals surface area (Å²) in [4.78, 5) is 47.8. The summed E-state index contributed by atoms with van der Waals surface area (Å²) in [5, 5.41) is 16.8. The van der Waals surface area contributed by atoms with Gasteiger partial charge in [0.15, 0.2) is 0 Å². The predicted octanol–water partition coefficient (Wildman–Crippen LogP) is 0.362. The Morgan fingerprint density at radius 3 is 2.37 bits per heavy atom. The molecule has 0 spiro atoms. The molecule has 3 amide bonds. The minimum absolute atomic E-state index is 0.300. The van der Waals surface area contributed by atoms with Crippen molar-refractivity contribution in [2.45, 2.75) is 57.2 Å². The van der Waals surface area contributed by atoms with Gasteiger partial charge in [-0.2, -0.15) is 0 Å². The smallest absolute Gasteiger partial charge is 0.326 e. The van der Waals surface area contributed by atoms with Crippen molar-refractivity contribution in [2.24, 2.45) is 0 Å². The molecule has 27 heavy (non-hydrogen) atoms. The highest BCUT2D eigenvalue weighted by Crippen LogP contribution is 2.09. The molecule has 0 radical (unpaired) electrons. The fourth-order valence-electron chi connectivity index (χ4n) is 2.92. The van der Waals surface area contributed by atoms with Gasteiger partial charge in [-0.05, 0) is 12.0 Å². The maximum absolute atomic E-state index is 12.3. The number of carbonyl (C=O) groups is 4. The first-order valence-electron chi connectivity index (χ1n) is 9.07. The van der Waals surface area contributed by atoms with Gasteiger partial charge in [0, 0.05) is 6.42 Å². The molecular formula is C19H25N3O5. The molecule has 8 heteroatoms. The highest BCUT2D eigenvalue weighted by Gasteiger charge is 2.35. The van der Waals surface area contributed by atoms with Crippen LogP contribution >= 0.6 is 0 Å². The number of aliphatic carboxylic acids is 1. The molecule has 1 aliphatic heterocycles. The number of benzene rings is 1. The van der Waals surface area contributed by atoms with Crippen molar-refractivity contribution in [2.75, 3.05) is 0 Å². The predicted molar refractivity (Wildman–Crippen MR) is 97.7 cm³/mol. The number of piperazine rings is 1. The fraction of sp³-hybridized carbons (Fsp3) is 0.474. The molecule has 1 saturated heterocycles. The first-order chi connectivity index (χ1) is 12.9. The Morgan fingerprint density at radius 1 is 1.11 bits per heavy atom. The molecule has 1 fully saturated rings. The number of amides is 3. The minimum atomic E-state index is -1.11. The molecule has 1 heterocycles. The SMILES string of the molecule is CCCC[C@@H](NC(=O)C[C@@H]1NC(=O)[C@H](Cc2ccccc2)NC1=O)C(=O)O. The van der Waals surface area contributed by atoms with Crippen LogP contribution in [0.4, 0.5) is 0 Å². The maximum Gasteiger partial charge on any atom is 0.326 e. The van der Waals surface area contributed by atoms with Crippen LogP contribution in [0.5, 0.6) is 0 Å². The summed E-state index contributed by atoms with van der Waals surface area (Å²) in [6.45, 7) is 1.93. The summed E-state index contributed by atoms with van der Waals surface area (Å²) in [7, 11) is 0. The van der Waals surface area contributed by atoms with Crippen LogP contribution in [0.3, 0.4) is 0 Å². The summed E-state index contributed by atoms with van der Waals surface area (Å²) >= 11 is 0. The lowest BCUT2D eigenvalue weighted by atomic mass is 10.0. The van der Waals surface area contributed by atoms with Crippen molar-refractivity contribution in [1.82, 2.24) is 16.0 Å². The van der Waals surface area contributed by atoms with Crippen molar-refractivity contribution < 1.29 is 24.3 Å². The van der Waals surface area contributed by atoms with E-state index in [9.17, 15) is 19.2 Å². The zero-order chi connectivity index (χ0) is 19.8. The topological polar surface area (TPSA) is 125 Å². The van der Waals surface area contributed by atoms with Crippen LogP contribution in [-0.2, 0) is 25.6 Å². The van der Waals surface area contributed by atoms with Crippen molar-refractivity contribution in [1.29, 1.82) is 0 Å². The van der Waals surface area contributed by atoms with E-state index in [2.05, 4.69) is 16.0 Å². The molecule has 8 nitrogen and oxygen atoms in total. The van der Waals surface area contributed by atoms with E-state index in [1.807, 2.05) is 37.3 Å². The van der Waals surface area contributed by atoms with Crippen LogP contribution in [0.1, 0.15) is 38.2 Å². The number of hydrogen-bond acceptors (Lipinski definition) is 4. The second kappa shape index (κ2) is 9.70. The number of hydrogen-bond donors (Lipinski definition) is 4. The molecule has 1 aromatic carbocycles. The van der Waals surface area contributed by atoms with Crippen LogP contribution < -0.4 is 16.0 Å². The van der Waals surface area contributed by atoms with Crippen molar-refractivity contribution in [3.63, 3.8) is 0 Å². The van der Waals surface area contributed by atoms with Gasteiger partial charge >= 0.3 is 5.97 Å². The molecule has 3 atom stereocenters. The Balaban J connectivity index is 1.89. The Hall–Kier alpha value is -2.90. The van der Waals surface area contributed by atoms with Crippen molar-refractivity contribution in [3.05, 3.63) is 35.9 Å². The zero-order valence-electron chi connectivity index (χ0n) is 15.2. The van der Waals surface area contributed by atoms with Crippen LogP contribution in [0, 0.1) is 0 Å². The Morgan fingerprint density at radius 2 is 1.74 bits per heavy atom. The third kappa shape index (κ3) is 6.09. The second-order valence-corrected chi connectivity index (χ2v) is 6.62. The molecule has 0 unspecified atom stereocenters. The van der Waals surface area contributed by atoms with E-state index in [-0.39, 0.29) is 12.3 Å². The van der Waals surface area contributed by atoms with E-state index in [1.54, 1.807) is 0 Å². The second-order valence-electron chi connectivity index (χ2n) is 6.62. The first kappa shape index (κ1) is 20.4. The molecule has 2 rings (SSSR count). The third-order valence-electron chi connectivity index (χ3n) is 4.42. The average Bonchev–Trinajstić information content (AvgIpc) is 2.63. The molecular weight excluding hydrogens is 350 g/mol. The van der Waals surface area contributed by atoms with Gasteiger partial charge in [-0.3, -0.25) is 14.4 Å². The van der Waals surface area contributed by atoms with Gasteiger partial charge in [-0.15, -0.1) is 0 Å². The Kier molecular flexibility index (Phi) is 7.34. The Labute approximate surface area is 157 Å². The molecule has 0 bridgehead atoms. The molecule has 4 N–H and O–H groups in total. The first-order valence-corrected chi connectivity index (χ1v) is 9.07. The zero-order valence-corrected chi connectivity index (χ0v) is 15.2. The molecule has 1 aliphatic rings. The van der Waals surface area contributed by atoms with E-state index in [0.717, 1.165) is 12.0 Å². The van der Waals surface area contributed by atoms with Crippen LogP contribution in [0.25, 0.3) is 0 Å². The van der Waals surface area contributed by atoms with Crippen LogP contribution in [0.15, 0.2) is 30.3 Å². The van der Waals surface area contributed by atoms with Crippen molar-refractivity contribution >= 4 is 23.7 Å². The summed E-state index contributed by atoms with van der Waals surface area (Å²) in [6, 6.07) is 6.59. The van der Waals surface area contributed by atoms with E-state index < -0.39 is 35.9 Å². The standard InChI is InChI=1S/C19H25N3O5/c1-2-3-9-13(19(26)27)20-16(23)11-15-18(25)21-14(17(24)22-15)10-12-7-5-4-6-8-12/h4-8,13-15H,2-3,9-11H2,1H3,(H,20,23)(H,21,25)(H,22,24)(H,26,27)/t13-,14+,15+/m1/s1. The number of carboxylic acids is 1. The maximum atomic E-state index is 12.3. The molecule has 1 aromatic rings. The molecule has 0 aliphatic carbocycles. The summed E-state index contributed by atoms with van der Waals surface area (Å²) in [6.07, 6.45) is 1.85. The van der Waals surface area contributed by atoms with E-state index in [0.29, 0.717) is 19.3 Å². The van der Waals surface area contributed by atoms with Gasteiger partial charge in [0.2, 0.25) is 17.7 Å². The Bertz CT molecular complexity index is 692. The number of carbonyl (C=O) groups excluding carboxylic acids is 3. The van der Waals surface area contributed by atoms with Gasteiger partial charge < -0.3 is 21.1 Å². The normalized spacial score (nSPS) is 20.3. The lowest BCUT2D eigenvalue weighted by molar-refractivity contribution is -0.143. The summed E-state index contributed by atoms with van der Waals surface area (Å²) in [5.74, 6) is -2.51. The van der Waals surface area contributed by atoms with Crippen LogP contribution in [-0.4, -0.2) is 46.9 Å². The van der Waals surface area contributed by atoms with Gasteiger partial charge in [0.05, 0.1) is 6.42 Å². The monoisotopic (exact) mass is 375 g/mol. The van der Waals surface area contributed by atoms with Gasteiger partial charge in [-0.25, -0.2) is 4.79 Å². The van der Waals surface area contributed by atoms with Gasteiger partial charge in [0.25, 0.3) is 0 Å². The third-order valence-corrected chi connectivity index (χ3v) is 4.42. The quantitative estimate of drug-likeness (QED) is 0.496. The minimum Gasteiger partial charge on any atom is -0.480 e. The largest absolute Gasteiger partial charge is 0.480 e. The highest BCUT2D eigenvalue weighted by atomic mass is 16.4. The number of nitrogens with one attached hydrogen (secondary N) is 3. The summed E-state index contributed by atoms with van der Waals surface area (Å²) < 4.78 is 0. The number of carboxylic acid groups (broad SMARTS) is 1.